The first kappa shape index (κ1) is 20.5. The number of carbonyl (C=O) groups is 4. The summed E-state index contributed by atoms with van der Waals surface area (Å²) in [7, 11) is 0. The van der Waals surface area contributed by atoms with E-state index in [0.29, 0.717) is 0 Å². The minimum Gasteiger partial charge on any atom is -0.506 e. The van der Waals surface area contributed by atoms with Gasteiger partial charge in [-0.2, -0.15) is 0 Å². The third-order valence-electron chi connectivity index (χ3n) is 4.48. The summed E-state index contributed by atoms with van der Waals surface area (Å²) in [5.41, 5.74) is -0.902. The SMILES string of the molecule is O=C(CCCN1C(=O)c2cccc([N+](=O)[O-])c2C1=O)Nc1ccc(C(=O)O)cc1O. The van der Waals surface area contributed by atoms with Gasteiger partial charge in [-0.1, -0.05) is 6.07 Å². The lowest BCUT2D eigenvalue weighted by Crippen LogP contribution is -2.31. The molecule has 1 aliphatic heterocycles. The van der Waals surface area contributed by atoms with Crippen molar-refractivity contribution in [3.05, 3.63) is 63.2 Å². The Labute approximate surface area is 168 Å². The molecule has 11 heteroatoms. The number of nitrogens with zero attached hydrogens (tertiary/aromatic N) is 2. The minimum atomic E-state index is -1.23. The molecule has 1 aliphatic rings. The predicted octanol–water partition coefficient (Wildman–Crippen LogP) is 2.01. The highest BCUT2D eigenvalue weighted by molar-refractivity contribution is 6.23. The second-order valence-corrected chi connectivity index (χ2v) is 6.41. The molecule has 2 aromatic carbocycles. The number of phenols is 1. The van der Waals surface area contributed by atoms with E-state index in [9.17, 15) is 34.4 Å². The van der Waals surface area contributed by atoms with Crippen LogP contribution < -0.4 is 5.32 Å². The molecule has 0 bridgehead atoms. The van der Waals surface area contributed by atoms with Gasteiger partial charge < -0.3 is 15.5 Å². The highest BCUT2D eigenvalue weighted by Crippen LogP contribution is 2.31. The molecule has 1 heterocycles. The lowest BCUT2D eigenvalue weighted by atomic mass is 10.1. The summed E-state index contributed by atoms with van der Waals surface area (Å²) in [6.45, 7) is -0.124. The fraction of sp³-hybridized carbons (Fsp3) is 0.158. The first-order chi connectivity index (χ1) is 14.2. The number of nitrogens with one attached hydrogen (secondary N) is 1. The standard InChI is InChI=1S/C19H15N3O8/c23-14-9-10(19(27)28)6-7-12(14)20-15(24)5-2-8-21-17(25)11-3-1-4-13(22(29)30)16(11)18(21)26/h1,3-4,6-7,9,23H,2,5,8H2,(H,20,24)(H,27,28). The molecule has 0 saturated heterocycles. The van der Waals surface area contributed by atoms with E-state index >= 15 is 0 Å². The van der Waals surface area contributed by atoms with Crippen LogP contribution in [0.5, 0.6) is 5.75 Å². The average molecular weight is 413 g/mol. The van der Waals surface area contributed by atoms with Crippen molar-refractivity contribution in [1.29, 1.82) is 0 Å². The molecule has 3 N–H and O–H groups in total. The van der Waals surface area contributed by atoms with Crippen molar-refractivity contribution >= 4 is 35.1 Å². The number of aromatic hydroxyl groups is 1. The van der Waals surface area contributed by atoms with Crippen molar-refractivity contribution in [2.75, 3.05) is 11.9 Å². The molecular weight excluding hydrogens is 398 g/mol. The summed E-state index contributed by atoms with van der Waals surface area (Å²) >= 11 is 0. The van der Waals surface area contributed by atoms with Crippen LogP contribution in [0.3, 0.4) is 0 Å². The summed E-state index contributed by atoms with van der Waals surface area (Å²) in [5, 5.41) is 32.2. The molecule has 0 atom stereocenters. The Bertz CT molecular complexity index is 1100. The predicted molar refractivity (Wildman–Crippen MR) is 101 cm³/mol. The van der Waals surface area contributed by atoms with Crippen molar-refractivity contribution in [3.63, 3.8) is 0 Å². The second-order valence-electron chi connectivity index (χ2n) is 6.41. The number of phenolic OH excluding ortho intramolecular Hbond substituents is 1. The highest BCUT2D eigenvalue weighted by Gasteiger charge is 2.40. The number of hydrogen-bond donors (Lipinski definition) is 3. The molecule has 0 unspecified atom stereocenters. The van der Waals surface area contributed by atoms with Crippen LogP contribution >= 0.6 is 0 Å². The van der Waals surface area contributed by atoms with Crippen LogP contribution in [-0.2, 0) is 4.79 Å². The Hall–Kier alpha value is -4.28. The first-order valence-electron chi connectivity index (χ1n) is 8.70. The molecule has 0 spiro atoms. The van der Waals surface area contributed by atoms with E-state index in [1.807, 2.05) is 0 Å². The molecular formula is C19H15N3O8. The summed E-state index contributed by atoms with van der Waals surface area (Å²) in [5.74, 6) is -3.64. The number of fused-ring (bicyclic) bond motifs is 1. The summed E-state index contributed by atoms with van der Waals surface area (Å²) < 4.78 is 0. The number of carboxylic acid groups (broad SMARTS) is 1. The maximum absolute atomic E-state index is 12.4. The van der Waals surface area contributed by atoms with Gasteiger partial charge in [0.15, 0.2) is 0 Å². The van der Waals surface area contributed by atoms with Gasteiger partial charge in [-0.25, -0.2) is 4.79 Å². The second kappa shape index (κ2) is 7.99. The van der Waals surface area contributed by atoms with Crippen molar-refractivity contribution in [2.24, 2.45) is 0 Å². The van der Waals surface area contributed by atoms with Gasteiger partial charge in [0.2, 0.25) is 5.91 Å². The number of carbonyl (C=O) groups excluding carboxylic acids is 3. The number of benzene rings is 2. The number of nitro benzene ring substituents is 1. The fourth-order valence-electron chi connectivity index (χ4n) is 3.05. The quantitative estimate of drug-likeness (QED) is 0.268. The third kappa shape index (κ3) is 3.81. The van der Waals surface area contributed by atoms with Crippen LogP contribution in [0.15, 0.2) is 36.4 Å². The van der Waals surface area contributed by atoms with E-state index in [-0.39, 0.29) is 41.8 Å². The summed E-state index contributed by atoms with van der Waals surface area (Å²) in [6, 6.07) is 7.23. The van der Waals surface area contributed by atoms with E-state index in [0.717, 1.165) is 17.0 Å². The number of nitro groups is 1. The smallest absolute Gasteiger partial charge is 0.335 e. The fourth-order valence-corrected chi connectivity index (χ4v) is 3.05. The Morgan fingerprint density at radius 1 is 1.13 bits per heavy atom. The lowest BCUT2D eigenvalue weighted by Gasteiger charge is -2.13. The highest BCUT2D eigenvalue weighted by atomic mass is 16.6. The van der Waals surface area contributed by atoms with Crippen molar-refractivity contribution < 1.29 is 34.3 Å². The normalized spacial score (nSPS) is 12.6. The molecule has 154 valence electrons. The van der Waals surface area contributed by atoms with Crippen LogP contribution in [0.4, 0.5) is 11.4 Å². The van der Waals surface area contributed by atoms with Crippen LogP contribution in [0.1, 0.15) is 43.9 Å². The Morgan fingerprint density at radius 2 is 1.87 bits per heavy atom. The van der Waals surface area contributed by atoms with E-state index in [1.54, 1.807) is 0 Å². The van der Waals surface area contributed by atoms with E-state index in [2.05, 4.69) is 5.32 Å². The number of aromatic carboxylic acids is 1. The van der Waals surface area contributed by atoms with Crippen molar-refractivity contribution in [1.82, 2.24) is 4.90 Å². The number of carboxylic acids is 1. The Morgan fingerprint density at radius 3 is 2.50 bits per heavy atom. The zero-order chi connectivity index (χ0) is 22.0. The molecule has 30 heavy (non-hydrogen) atoms. The monoisotopic (exact) mass is 413 g/mol. The zero-order valence-electron chi connectivity index (χ0n) is 15.3. The molecule has 3 amide bonds. The third-order valence-corrected chi connectivity index (χ3v) is 4.48. The number of hydrogen-bond acceptors (Lipinski definition) is 7. The molecule has 11 nitrogen and oxygen atoms in total. The Kier molecular flexibility index (Phi) is 5.45. The van der Waals surface area contributed by atoms with Gasteiger partial charge in [0.1, 0.15) is 11.3 Å². The maximum atomic E-state index is 12.4. The summed E-state index contributed by atoms with van der Waals surface area (Å²) in [4.78, 5) is 59.0. The largest absolute Gasteiger partial charge is 0.506 e. The van der Waals surface area contributed by atoms with Gasteiger partial charge in [0.25, 0.3) is 17.5 Å². The maximum Gasteiger partial charge on any atom is 0.335 e. The van der Waals surface area contributed by atoms with E-state index in [4.69, 9.17) is 5.11 Å². The first-order valence-corrected chi connectivity index (χ1v) is 8.70. The van der Waals surface area contributed by atoms with Crippen LogP contribution in [0.2, 0.25) is 0 Å². The van der Waals surface area contributed by atoms with Crippen LogP contribution in [0.25, 0.3) is 0 Å². The molecule has 0 fully saturated rings. The van der Waals surface area contributed by atoms with Gasteiger partial charge in [0, 0.05) is 19.0 Å². The van der Waals surface area contributed by atoms with Gasteiger partial charge in [-0.3, -0.25) is 29.4 Å². The molecule has 0 aromatic heterocycles. The number of imide groups is 1. The average Bonchev–Trinajstić information content (AvgIpc) is 2.94. The molecule has 0 saturated carbocycles. The minimum absolute atomic E-state index is 0.0151. The van der Waals surface area contributed by atoms with Gasteiger partial charge in [-0.15, -0.1) is 0 Å². The molecule has 2 aromatic rings. The van der Waals surface area contributed by atoms with Crippen LogP contribution in [-0.4, -0.2) is 50.3 Å². The lowest BCUT2D eigenvalue weighted by molar-refractivity contribution is -0.385. The van der Waals surface area contributed by atoms with Crippen molar-refractivity contribution in [3.8, 4) is 5.75 Å². The molecule has 3 rings (SSSR count). The number of amides is 3. The van der Waals surface area contributed by atoms with Crippen molar-refractivity contribution in [2.45, 2.75) is 12.8 Å². The van der Waals surface area contributed by atoms with Gasteiger partial charge in [-0.05, 0) is 30.7 Å². The number of rotatable bonds is 7. The van der Waals surface area contributed by atoms with Gasteiger partial charge >= 0.3 is 5.97 Å². The Balaban J connectivity index is 1.60. The van der Waals surface area contributed by atoms with E-state index in [1.165, 1.54) is 24.3 Å². The molecule has 0 aliphatic carbocycles. The van der Waals surface area contributed by atoms with E-state index < -0.39 is 40.1 Å². The van der Waals surface area contributed by atoms with Gasteiger partial charge in [0.05, 0.1) is 21.7 Å². The topological polar surface area (TPSA) is 167 Å². The van der Waals surface area contributed by atoms with Crippen LogP contribution in [0, 0.1) is 10.1 Å². The zero-order valence-corrected chi connectivity index (χ0v) is 15.3. The molecule has 0 radical (unpaired) electrons. The summed E-state index contributed by atoms with van der Waals surface area (Å²) in [6.07, 6.45) is -0.0330. The number of anilines is 1.